The zero-order valence-corrected chi connectivity index (χ0v) is 16.6. The van der Waals surface area contributed by atoms with Crippen molar-refractivity contribution in [1.29, 1.82) is 0 Å². The Kier molecular flexibility index (Phi) is 12.7. The third-order valence-electron chi connectivity index (χ3n) is 2.98. The first-order valence-electron chi connectivity index (χ1n) is 8.83. The number of benzene rings is 1. The van der Waals surface area contributed by atoms with Gasteiger partial charge in [-0.25, -0.2) is 0 Å². The van der Waals surface area contributed by atoms with E-state index < -0.39 is 22.7 Å². The number of para-hydroxylation sites is 1. The van der Waals surface area contributed by atoms with Gasteiger partial charge in [-0.2, -0.15) is 13.2 Å². The summed E-state index contributed by atoms with van der Waals surface area (Å²) in [7, 11) is 0. The zero-order valence-electron chi connectivity index (χ0n) is 15.8. The highest BCUT2D eigenvalue weighted by Gasteiger charge is 2.42. The van der Waals surface area contributed by atoms with Gasteiger partial charge in [0.2, 0.25) is 5.76 Å². The monoisotopic (exact) mass is 391 g/mol. The number of allylic oxidation sites excluding steroid dienone is 1. The Morgan fingerprint density at radius 2 is 1.73 bits per heavy atom. The Balaban J connectivity index is 0.000000772. The number of hydrogen-bond acceptors (Lipinski definition) is 3. The van der Waals surface area contributed by atoms with Gasteiger partial charge in [0.1, 0.15) is 4.91 Å². The molecule has 1 aliphatic rings. The molecule has 1 amide bonds. The summed E-state index contributed by atoms with van der Waals surface area (Å²) in [4.78, 5) is 11.4. The minimum Gasteiger partial charge on any atom is -0.487 e. The number of halogens is 3. The van der Waals surface area contributed by atoms with E-state index in [-0.39, 0.29) is 6.61 Å². The molecular weight excluding hydrogens is 363 g/mol. The second-order valence-corrected chi connectivity index (χ2v) is 6.13. The topological polar surface area (TPSA) is 38.3 Å². The van der Waals surface area contributed by atoms with Crippen LogP contribution < -0.4 is 5.32 Å². The van der Waals surface area contributed by atoms with E-state index in [1.54, 1.807) is 30.3 Å². The molecule has 0 fully saturated rings. The van der Waals surface area contributed by atoms with E-state index in [1.165, 1.54) is 19.3 Å². The molecule has 1 aromatic rings. The minimum absolute atomic E-state index is 0.0539. The first-order chi connectivity index (χ1) is 12.4. The van der Waals surface area contributed by atoms with Crippen LogP contribution in [0.25, 0.3) is 0 Å². The predicted octanol–water partition coefficient (Wildman–Crippen LogP) is 6.39. The molecule has 1 aliphatic heterocycles. The Hall–Kier alpha value is -1.63. The molecule has 148 valence electrons. The van der Waals surface area contributed by atoms with Gasteiger partial charge in [-0.3, -0.25) is 4.79 Å². The highest BCUT2D eigenvalue weighted by Crippen LogP contribution is 2.37. The molecule has 3 nitrogen and oxygen atoms in total. The van der Waals surface area contributed by atoms with Crippen molar-refractivity contribution in [3.8, 4) is 0 Å². The van der Waals surface area contributed by atoms with Crippen molar-refractivity contribution in [3.05, 3.63) is 41.0 Å². The summed E-state index contributed by atoms with van der Waals surface area (Å²) in [5, 5.41) is 2.42. The van der Waals surface area contributed by atoms with Crippen molar-refractivity contribution in [2.24, 2.45) is 0 Å². The van der Waals surface area contributed by atoms with E-state index >= 15 is 0 Å². The van der Waals surface area contributed by atoms with Gasteiger partial charge in [0.25, 0.3) is 5.91 Å². The molecule has 0 radical (unpaired) electrons. The summed E-state index contributed by atoms with van der Waals surface area (Å²) in [6.07, 6.45) is -0.580. The first kappa shape index (κ1) is 24.4. The molecule has 0 unspecified atom stereocenters. The third-order valence-corrected chi connectivity index (χ3v) is 4.02. The fourth-order valence-electron chi connectivity index (χ4n) is 1.86. The van der Waals surface area contributed by atoms with Crippen LogP contribution in [-0.2, 0) is 9.53 Å². The van der Waals surface area contributed by atoms with E-state index in [9.17, 15) is 18.0 Å². The molecule has 0 aliphatic carbocycles. The number of nitrogens with one attached hydrogen (secondary N) is 1. The highest BCUT2D eigenvalue weighted by molar-refractivity contribution is 8.04. The maximum absolute atomic E-state index is 12.7. The van der Waals surface area contributed by atoms with Gasteiger partial charge in [-0.1, -0.05) is 65.2 Å². The summed E-state index contributed by atoms with van der Waals surface area (Å²) in [6.45, 7) is 8.37. The number of thioether (sulfide) groups is 1. The lowest BCUT2D eigenvalue weighted by Gasteiger charge is -2.21. The van der Waals surface area contributed by atoms with Crippen molar-refractivity contribution >= 4 is 23.4 Å². The summed E-state index contributed by atoms with van der Waals surface area (Å²) in [5.74, 6) is -1.70. The standard InChI is InChI=1S/C12H10F3NO2S.C5H12.C2H6/c13-12(14,15)10-9(19-7-6-18-10)11(17)16-8-4-2-1-3-5-8;1-3-5-4-2;1-2/h1-5H,6-7H2,(H,16,17);3-5H2,1-2H3;1-2H3. The molecule has 26 heavy (non-hydrogen) atoms. The van der Waals surface area contributed by atoms with E-state index in [2.05, 4.69) is 23.9 Å². The Labute approximate surface area is 158 Å². The van der Waals surface area contributed by atoms with Crippen molar-refractivity contribution in [3.63, 3.8) is 0 Å². The van der Waals surface area contributed by atoms with Crippen LogP contribution in [0.5, 0.6) is 0 Å². The molecule has 0 atom stereocenters. The van der Waals surface area contributed by atoms with Crippen LogP contribution in [0.1, 0.15) is 47.0 Å². The van der Waals surface area contributed by atoms with Crippen LogP contribution >= 0.6 is 11.8 Å². The molecule has 1 heterocycles. The highest BCUT2D eigenvalue weighted by atomic mass is 32.2. The van der Waals surface area contributed by atoms with Gasteiger partial charge < -0.3 is 10.1 Å². The SMILES string of the molecule is CC.CCCCC.O=C(Nc1ccccc1)C1=C(C(F)(F)F)OCCS1. The average Bonchev–Trinajstić information content (AvgIpc) is 2.65. The van der Waals surface area contributed by atoms with Gasteiger partial charge in [0.15, 0.2) is 0 Å². The number of carbonyl (C=O) groups excluding carboxylic acids is 1. The number of rotatable bonds is 4. The number of anilines is 1. The molecule has 0 aromatic heterocycles. The number of carbonyl (C=O) groups is 1. The Morgan fingerprint density at radius 3 is 2.19 bits per heavy atom. The van der Waals surface area contributed by atoms with Crippen molar-refractivity contribution in [1.82, 2.24) is 0 Å². The maximum atomic E-state index is 12.7. The van der Waals surface area contributed by atoms with Crippen LogP contribution in [0.4, 0.5) is 18.9 Å². The molecule has 7 heteroatoms. The lowest BCUT2D eigenvalue weighted by molar-refractivity contribution is -0.133. The van der Waals surface area contributed by atoms with Crippen molar-refractivity contribution in [2.45, 2.75) is 53.1 Å². The summed E-state index contributed by atoms with van der Waals surface area (Å²) < 4.78 is 42.7. The van der Waals surface area contributed by atoms with Gasteiger partial charge in [0, 0.05) is 11.4 Å². The van der Waals surface area contributed by atoms with Gasteiger partial charge in [-0.15, -0.1) is 11.8 Å². The van der Waals surface area contributed by atoms with Crippen LogP contribution in [0, 0.1) is 0 Å². The summed E-state index contributed by atoms with van der Waals surface area (Å²) in [5.41, 5.74) is 0.438. The fraction of sp³-hybridized carbons (Fsp3) is 0.526. The number of hydrogen-bond donors (Lipinski definition) is 1. The summed E-state index contributed by atoms with van der Waals surface area (Å²) >= 11 is 0.848. The Bertz CT molecular complexity index is 543. The molecular formula is C19H28F3NO2S. The molecule has 2 rings (SSSR count). The van der Waals surface area contributed by atoms with E-state index in [4.69, 9.17) is 0 Å². The van der Waals surface area contributed by atoms with Crippen molar-refractivity contribution < 1.29 is 22.7 Å². The molecule has 0 spiro atoms. The van der Waals surface area contributed by atoms with Gasteiger partial charge in [0.05, 0.1) is 6.61 Å². The van der Waals surface area contributed by atoms with Crippen molar-refractivity contribution in [2.75, 3.05) is 17.7 Å². The first-order valence-corrected chi connectivity index (χ1v) is 9.82. The largest absolute Gasteiger partial charge is 0.487 e. The molecule has 0 saturated heterocycles. The molecule has 1 aromatic carbocycles. The third kappa shape index (κ3) is 9.17. The Morgan fingerprint density at radius 1 is 1.15 bits per heavy atom. The molecule has 0 saturated carbocycles. The lowest BCUT2D eigenvalue weighted by Crippen LogP contribution is -2.26. The number of ether oxygens (including phenoxy) is 1. The van der Waals surface area contributed by atoms with E-state index in [0.29, 0.717) is 11.4 Å². The lowest BCUT2D eigenvalue weighted by atomic mass is 10.3. The van der Waals surface area contributed by atoms with Crippen LogP contribution in [-0.4, -0.2) is 24.4 Å². The number of unbranched alkanes of at least 4 members (excludes halogenated alkanes) is 2. The van der Waals surface area contributed by atoms with E-state index in [0.717, 1.165) is 11.8 Å². The fourth-order valence-corrected chi connectivity index (χ4v) is 2.72. The van der Waals surface area contributed by atoms with E-state index in [1.807, 2.05) is 13.8 Å². The second kappa shape index (κ2) is 13.6. The zero-order chi connectivity index (χ0) is 20.0. The number of alkyl halides is 3. The smallest absolute Gasteiger partial charge is 0.450 e. The van der Waals surface area contributed by atoms with Crippen LogP contribution in [0.3, 0.4) is 0 Å². The van der Waals surface area contributed by atoms with Gasteiger partial charge >= 0.3 is 6.18 Å². The number of amides is 1. The van der Waals surface area contributed by atoms with Gasteiger partial charge in [-0.05, 0) is 12.1 Å². The maximum Gasteiger partial charge on any atom is 0.450 e. The second-order valence-electron chi connectivity index (χ2n) is 5.03. The quantitative estimate of drug-likeness (QED) is 0.647. The predicted molar refractivity (Wildman–Crippen MR) is 103 cm³/mol. The minimum atomic E-state index is -4.66. The molecule has 1 N–H and O–H groups in total. The average molecular weight is 391 g/mol. The van der Waals surface area contributed by atoms with Crippen LogP contribution in [0.2, 0.25) is 0 Å². The molecule has 0 bridgehead atoms. The normalized spacial score (nSPS) is 13.5. The summed E-state index contributed by atoms with van der Waals surface area (Å²) in [6, 6.07) is 8.30. The van der Waals surface area contributed by atoms with Crippen LogP contribution in [0.15, 0.2) is 41.0 Å².